The Bertz CT molecular complexity index is 650. The molecular formula is C14H26O10S2. The first-order chi connectivity index (χ1) is 11.6. The standard InChI is InChI=1S/C14H26O10S2/c1-13(2)21-9(7-19-25(5,15)16)12-11(23-13)10(8-20-26(6,17)18)22-14(3,4)24-12/h9-12H,7-8H2,1-6H3/t9-,10+,11+,12-. The molecule has 2 aliphatic rings. The van der Waals surface area contributed by atoms with Crippen LogP contribution in [0.2, 0.25) is 0 Å². The van der Waals surface area contributed by atoms with E-state index in [0.29, 0.717) is 0 Å². The minimum atomic E-state index is -3.68. The van der Waals surface area contributed by atoms with Crippen LogP contribution < -0.4 is 0 Å². The Kier molecular flexibility index (Phi) is 6.12. The molecule has 0 aliphatic carbocycles. The molecule has 4 atom stereocenters. The summed E-state index contributed by atoms with van der Waals surface area (Å²) in [6.07, 6.45) is -1.17. The fourth-order valence-corrected chi connectivity index (χ4v) is 3.68. The van der Waals surface area contributed by atoms with Crippen molar-refractivity contribution >= 4 is 20.2 Å². The molecular weight excluding hydrogens is 392 g/mol. The molecule has 0 aromatic rings. The van der Waals surface area contributed by atoms with Crippen LogP contribution in [0.15, 0.2) is 0 Å². The van der Waals surface area contributed by atoms with E-state index in [1.165, 1.54) is 0 Å². The highest BCUT2D eigenvalue weighted by Crippen LogP contribution is 2.38. The summed E-state index contributed by atoms with van der Waals surface area (Å²) < 4.78 is 78.4. The van der Waals surface area contributed by atoms with Gasteiger partial charge in [-0.3, -0.25) is 8.37 Å². The van der Waals surface area contributed by atoms with E-state index in [4.69, 9.17) is 27.3 Å². The van der Waals surface area contributed by atoms with Gasteiger partial charge in [0.2, 0.25) is 0 Å². The number of rotatable bonds is 6. The van der Waals surface area contributed by atoms with Crippen LogP contribution in [0.3, 0.4) is 0 Å². The van der Waals surface area contributed by atoms with Gasteiger partial charge in [-0.25, -0.2) is 0 Å². The average Bonchev–Trinajstić information content (AvgIpc) is 2.40. The molecule has 0 saturated carbocycles. The zero-order valence-corrected chi connectivity index (χ0v) is 17.3. The molecule has 2 heterocycles. The van der Waals surface area contributed by atoms with Gasteiger partial charge < -0.3 is 18.9 Å². The second-order valence-corrected chi connectivity index (χ2v) is 10.5. The Labute approximate surface area is 154 Å². The van der Waals surface area contributed by atoms with E-state index in [0.717, 1.165) is 12.5 Å². The third kappa shape index (κ3) is 6.37. The third-order valence-electron chi connectivity index (χ3n) is 3.66. The van der Waals surface area contributed by atoms with Crippen molar-refractivity contribution in [3.63, 3.8) is 0 Å². The Morgan fingerprint density at radius 3 is 1.27 bits per heavy atom. The molecule has 0 bridgehead atoms. The van der Waals surface area contributed by atoms with Crippen molar-refractivity contribution in [2.75, 3.05) is 25.7 Å². The second kappa shape index (κ2) is 7.24. The Hall–Kier alpha value is -0.340. The van der Waals surface area contributed by atoms with Crippen molar-refractivity contribution in [3.8, 4) is 0 Å². The van der Waals surface area contributed by atoms with Gasteiger partial charge in [0.1, 0.15) is 24.4 Å². The molecule has 10 nitrogen and oxygen atoms in total. The molecule has 0 aromatic carbocycles. The molecule has 0 amide bonds. The Morgan fingerprint density at radius 2 is 1.00 bits per heavy atom. The normalized spacial score (nSPS) is 34.2. The Morgan fingerprint density at radius 1 is 0.692 bits per heavy atom. The summed E-state index contributed by atoms with van der Waals surface area (Å²) >= 11 is 0. The molecule has 2 aliphatic heterocycles. The third-order valence-corrected chi connectivity index (χ3v) is 4.79. The maximum atomic E-state index is 11.3. The van der Waals surface area contributed by atoms with Gasteiger partial charge in [-0.2, -0.15) is 16.8 Å². The van der Waals surface area contributed by atoms with E-state index >= 15 is 0 Å². The summed E-state index contributed by atoms with van der Waals surface area (Å²) in [5.74, 6) is -2.19. The number of hydrogen-bond donors (Lipinski definition) is 0. The topological polar surface area (TPSA) is 124 Å². The molecule has 0 N–H and O–H groups in total. The molecule has 12 heteroatoms. The van der Waals surface area contributed by atoms with Crippen molar-refractivity contribution in [2.45, 2.75) is 63.7 Å². The lowest BCUT2D eigenvalue weighted by Crippen LogP contribution is -2.67. The molecule has 0 radical (unpaired) electrons. The summed E-state index contributed by atoms with van der Waals surface area (Å²) in [6, 6.07) is 0. The predicted molar refractivity (Wildman–Crippen MR) is 89.2 cm³/mol. The maximum Gasteiger partial charge on any atom is 0.264 e. The van der Waals surface area contributed by atoms with Crippen LogP contribution in [0.5, 0.6) is 0 Å². The quantitative estimate of drug-likeness (QED) is 0.544. The largest absolute Gasteiger partial charge is 0.342 e. The van der Waals surface area contributed by atoms with E-state index in [2.05, 4.69) is 0 Å². The van der Waals surface area contributed by atoms with E-state index < -0.39 is 56.2 Å². The fraction of sp³-hybridized carbons (Fsp3) is 1.00. The van der Waals surface area contributed by atoms with Crippen molar-refractivity contribution in [1.82, 2.24) is 0 Å². The van der Waals surface area contributed by atoms with E-state index in [9.17, 15) is 16.8 Å². The van der Waals surface area contributed by atoms with Crippen LogP contribution in [0.4, 0.5) is 0 Å². The average molecular weight is 418 g/mol. The molecule has 0 aromatic heterocycles. The molecule has 2 rings (SSSR count). The van der Waals surface area contributed by atoms with Gasteiger partial charge in [-0.15, -0.1) is 0 Å². The summed E-state index contributed by atoms with van der Waals surface area (Å²) in [7, 11) is -7.36. The molecule has 2 fully saturated rings. The van der Waals surface area contributed by atoms with Gasteiger partial charge in [-0.05, 0) is 27.7 Å². The monoisotopic (exact) mass is 418 g/mol. The second-order valence-electron chi connectivity index (χ2n) is 7.25. The highest BCUT2D eigenvalue weighted by molar-refractivity contribution is 7.86. The zero-order chi connectivity index (χ0) is 20.0. The molecule has 154 valence electrons. The van der Waals surface area contributed by atoms with Crippen molar-refractivity contribution in [2.24, 2.45) is 0 Å². The van der Waals surface area contributed by atoms with Gasteiger partial charge >= 0.3 is 0 Å². The van der Waals surface area contributed by atoms with Gasteiger partial charge in [0.15, 0.2) is 11.6 Å². The van der Waals surface area contributed by atoms with Crippen LogP contribution >= 0.6 is 0 Å². The molecule has 2 saturated heterocycles. The molecule has 0 spiro atoms. The van der Waals surface area contributed by atoms with Gasteiger partial charge in [0, 0.05) is 0 Å². The number of ether oxygens (including phenoxy) is 4. The van der Waals surface area contributed by atoms with E-state index in [1.54, 1.807) is 27.7 Å². The lowest BCUT2D eigenvalue weighted by molar-refractivity contribution is -0.425. The highest BCUT2D eigenvalue weighted by atomic mass is 32.2. The van der Waals surface area contributed by atoms with Gasteiger partial charge in [0.25, 0.3) is 20.2 Å². The van der Waals surface area contributed by atoms with E-state index in [1.807, 2.05) is 0 Å². The van der Waals surface area contributed by atoms with Crippen LogP contribution in [-0.4, -0.2) is 78.6 Å². The van der Waals surface area contributed by atoms with Gasteiger partial charge in [-0.1, -0.05) is 0 Å². The summed E-state index contributed by atoms with van der Waals surface area (Å²) in [6.45, 7) is 6.02. The first kappa shape index (κ1) is 22.0. The van der Waals surface area contributed by atoms with Crippen molar-refractivity contribution in [1.29, 1.82) is 0 Å². The first-order valence-electron chi connectivity index (χ1n) is 7.97. The molecule has 26 heavy (non-hydrogen) atoms. The minimum absolute atomic E-state index is 0.275. The first-order valence-corrected chi connectivity index (χ1v) is 11.6. The van der Waals surface area contributed by atoms with Gasteiger partial charge in [0.05, 0.1) is 25.7 Å². The maximum absolute atomic E-state index is 11.3. The summed E-state index contributed by atoms with van der Waals surface area (Å²) in [5, 5.41) is 0. The minimum Gasteiger partial charge on any atom is -0.342 e. The Balaban J connectivity index is 2.26. The van der Waals surface area contributed by atoms with Crippen LogP contribution in [0.1, 0.15) is 27.7 Å². The van der Waals surface area contributed by atoms with Crippen molar-refractivity contribution < 1.29 is 44.1 Å². The lowest BCUT2D eigenvalue weighted by Gasteiger charge is -2.53. The van der Waals surface area contributed by atoms with Crippen molar-refractivity contribution in [3.05, 3.63) is 0 Å². The zero-order valence-electron chi connectivity index (χ0n) is 15.6. The SMILES string of the molecule is CC1(C)O[C@H]2[C@@H](OC(C)(C)O[C@@H]2COS(C)(=O)=O)[C@H](COS(C)(=O)=O)O1. The fourth-order valence-electron chi connectivity index (χ4n) is 2.92. The number of hydrogen-bond acceptors (Lipinski definition) is 10. The summed E-state index contributed by atoms with van der Waals surface area (Å²) in [5.41, 5.74) is 0. The predicted octanol–water partition coefficient (Wildman–Crippen LogP) is -0.0210. The van der Waals surface area contributed by atoms with E-state index in [-0.39, 0.29) is 13.2 Å². The summed E-state index contributed by atoms with van der Waals surface area (Å²) in [4.78, 5) is 0. The van der Waals surface area contributed by atoms with Crippen LogP contribution in [0, 0.1) is 0 Å². The lowest BCUT2D eigenvalue weighted by atomic mass is 9.98. The smallest absolute Gasteiger partial charge is 0.264 e. The van der Waals surface area contributed by atoms with Crippen LogP contribution in [-0.2, 0) is 47.5 Å². The molecule has 0 unspecified atom stereocenters. The number of fused-ring (bicyclic) bond motifs is 1. The van der Waals surface area contributed by atoms with Crippen LogP contribution in [0.25, 0.3) is 0 Å². The highest BCUT2D eigenvalue weighted by Gasteiger charge is 2.54.